The standard InChI is InChI=1S/C13H10ClNO4.C7H4Cl2O.C6H7NO3/c1-18-13(17)11(15-19-2)7-8-12(16)9-3-5-10(14)6-4-9;8-6-3-1-5(2-4-6)7(9)10;1-4-5(7-10-3)6(8)9-2/h3-6H,1-2H3;1-4H;1H,2-3H3/b15-11+;;7-5+. The molecule has 0 unspecified atom stereocenters. The first-order chi connectivity index (χ1) is 18.5. The van der Waals surface area contributed by atoms with Crippen molar-refractivity contribution in [3.63, 3.8) is 0 Å². The fraction of sp³-hybridized carbons (Fsp3) is 0.154. The van der Waals surface area contributed by atoms with Gasteiger partial charge in [0.1, 0.15) is 14.2 Å². The average Bonchev–Trinajstić information content (AvgIpc) is 2.94. The second kappa shape index (κ2) is 19.7. The van der Waals surface area contributed by atoms with Gasteiger partial charge in [0.25, 0.3) is 5.24 Å². The van der Waals surface area contributed by atoms with E-state index < -0.39 is 23.0 Å². The van der Waals surface area contributed by atoms with Gasteiger partial charge in [0.05, 0.1) is 14.2 Å². The molecule has 10 nitrogen and oxygen atoms in total. The van der Waals surface area contributed by atoms with Gasteiger partial charge in [-0.2, -0.15) is 0 Å². The predicted octanol–water partition coefficient (Wildman–Crippen LogP) is 4.22. The number of methoxy groups -OCH3 is 2. The van der Waals surface area contributed by atoms with Crippen LogP contribution in [0.3, 0.4) is 0 Å². The van der Waals surface area contributed by atoms with Crippen molar-refractivity contribution < 1.29 is 38.3 Å². The lowest BCUT2D eigenvalue weighted by molar-refractivity contribution is -0.133. The second-order valence-electron chi connectivity index (χ2n) is 6.24. The van der Waals surface area contributed by atoms with Gasteiger partial charge < -0.3 is 19.1 Å². The zero-order valence-electron chi connectivity index (χ0n) is 21.0. The lowest BCUT2D eigenvalue weighted by Crippen LogP contribution is -2.14. The number of ether oxygens (including phenoxy) is 2. The zero-order chi connectivity index (χ0) is 29.8. The van der Waals surface area contributed by atoms with Crippen LogP contribution in [0, 0.1) is 24.2 Å². The zero-order valence-corrected chi connectivity index (χ0v) is 23.3. The molecule has 0 aliphatic heterocycles. The third kappa shape index (κ3) is 14.2. The van der Waals surface area contributed by atoms with Crippen LogP contribution in [0.25, 0.3) is 0 Å². The van der Waals surface area contributed by atoms with Crippen LogP contribution < -0.4 is 0 Å². The van der Waals surface area contributed by atoms with Gasteiger partial charge in [-0.05, 0) is 77.9 Å². The molecular formula is C26H21Cl3N2O8. The molecule has 39 heavy (non-hydrogen) atoms. The summed E-state index contributed by atoms with van der Waals surface area (Å²) in [6.07, 6.45) is 4.87. The summed E-state index contributed by atoms with van der Waals surface area (Å²) in [5, 5.41) is 7.24. The Morgan fingerprint density at radius 2 is 1.10 bits per heavy atom. The van der Waals surface area contributed by atoms with Crippen LogP contribution in [0.2, 0.25) is 10.0 Å². The number of halogens is 3. The van der Waals surface area contributed by atoms with E-state index in [2.05, 4.69) is 41.3 Å². The minimum Gasteiger partial charge on any atom is -0.464 e. The van der Waals surface area contributed by atoms with E-state index in [1.54, 1.807) is 36.4 Å². The highest BCUT2D eigenvalue weighted by atomic mass is 35.5. The molecule has 0 aliphatic carbocycles. The lowest BCUT2D eigenvalue weighted by Gasteiger charge is -1.95. The third-order valence-electron chi connectivity index (χ3n) is 3.73. The van der Waals surface area contributed by atoms with Crippen LogP contribution in [0.4, 0.5) is 0 Å². The molecule has 2 aromatic rings. The summed E-state index contributed by atoms with van der Waals surface area (Å²) in [6.45, 7) is 0. The minimum atomic E-state index is -0.779. The Bertz CT molecular complexity index is 1300. The number of hydrogen-bond acceptors (Lipinski definition) is 10. The molecule has 0 amide bonds. The Labute approximate surface area is 239 Å². The fourth-order valence-corrected chi connectivity index (χ4v) is 2.36. The topological polar surface area (TPSA) is 130 Å². The van der Waals surface area contributed by atoms with E-state index in [-0.39, 0.29) is 11.4 Å². The highest BCUT2D eigenvalue weighted by Gasteiger charge is 2.10. The number of rotatable bonds is 6. The van der Waals surface area contributed by atoms with Crippen molar-refractivity contribution in [1.82, 2.24) is 0 Å². The number of esters is 2. The molecule has 2 rings (SSSR count). The summed E-state index contributed by atoms with van der Waals surface area (Å²) in [5.74, 6) is 4.66. The molecule has 13 heteroatoms. The molecule has 2 aromatic carbocycles. The van der Waals surface area contributed by atoms with Gasteiger partial charge in [-0.1, -0.05) is 33.5 Å². The monoisotopic (exact) mass is 594 g/mol. The number of carbonyl (C=O) groups excluding carboxylic acids is 4. The van der Waals surface area contributed by atoms with E-state index in [0.717, 1.165) is 0 Å². The summed E-state index contributed by atoms with van der Waals surface area (Å²) in [5.41, 5.74) is 0.363. The second-order valence-corrected chi connectivity index (χ2v) is 7.46. The van der Waals surface area contributed by atoms with E-state index in [4.69, 9.17) is 41.2 Å². The highest BCUT2D eigenvalue weighted by Crippen LogP contribution is 2.11. The molecule has 0 heterocycles. The van der Waals surface area contributed by atoms with Crippen molar-refractivity contribution in [3.8, 4) is 24.2 Å². The Kier molecular flexibility index (Phi) is 17.5. The third-order valence-corrected chi connectivity index (χ3v) is 4.45. The van der Waals surface area contributed by atoms with Gasteiger partial charge in [0, 0.05) is 21.2 Å². The number of nitrogens with zero attached hydrogens (tertiary/aromatic N) is 2. The van der Waals surface area contributed by atoms with Crippen molar-refractivity contribution in [2.45, 2.75) is 0 Å². The number of hydrogen-bond donors (Lipinski definition) is 0. The maximum absolute atomic E-state index is 11.7. The van der Waals surface area contributed by atoms with Gasteiger partial charge in [0.2, 0.25) is 17.2 Å². The first kappa shape index (κ1) is 34.6. The van der Waals surface area contributed by atoms with Crippen molar-refractivity contribution in [3.05, 3.63) is 69.7 Å². The van der Waals surface area contributed by atoms with E-state index >= 15 is 0 Å². The summed E-state index contributed by atoms with van der Waals surface area (Å²) in [7, 11) is 4.94. The van der Waals surface area contributed by atoms with Gasteiger partial charge in [-0.25, -0.2) is 9.59 Å². The molecule has 204 valence electrons. The highest BCUT2D eigenvalue weighted by molar-refractivity contribution is 6.67. The van der Waals surface area contributed by atoms with E-state index in [1.165, 1.54) is 40.6 Å². The number of terminal acetylenes is 1. The Hall–Kier alpha value is -4.35. The number of ketones is 1. The molecule has 0 saturated carbocycles. The van der Waals surface area contributed by atoms with Gasteiger partial charge >= 0.3 is 11.9 Å². The molecule has 0 saturated heterocycles. The molecule has 0 aliphatic rings. The predicted molar refractivity (Wildman–Crippen MR) is 147 cm³/mol. The first-order valence-corrected chi connectivity index (χ1v) is 11.3. The van der Waals surface area contributed by atoms with Crippen LogP contribution in [-0.2, 0) is 28.7 Å². The molecule has 0 radical (unpaired) electrons. The smallest absolute Gasteiger partial charge is 0.368 e. The number of carbonyl (C=O) groups is 4. The Balaban J connectivity index is 0.000000610. The largest absolute Gasteiger partial charge is 0.464 e. The normalized spacial score (nSPS) is 9.90. The van der Waals surface area contributed by atoms with Crippen LogP contribution in [0.1, 0.15) is 20.7 Å². The molecule has 0 atom stereocenters. The number of oxime groups is 2. The Morgan fingerprint density at radius 3 is 1.49 bits per heavy atom. The molecule has 0 aromatic heterocycles. The number of Topliss-reactive ketones (excluding diaryl/α,β-unsaturated/α-hetero) is 1. The molecule has 0 spiro atoms. The SMILES string of the molecule is C#C/C(=N\OC)C(=O)OC.CO/N=C(\C#CC(=O)c1ccc(Cl)cc1)C(=O)OC.O=C(Cl)c1ccc(Cl)cc1. The van der Waals surface area contributed by atoms with Gasteiger partial charge in [-0.15, -0.1) is 6.42 Å². The van der Waals surface area contributed by atoms with E-state index in [0.29, 0.717) is 21.2 Å². The lowest BCUT2D eigenvalue weighted by atomic mass is 10.1. The van der Waals surface area contributed by atoms with Gasteiger partial charge in [-0.3, -0.25) is 9.59 Å². The fourth-order valence-electron chi connectivity index (χ4n) is 1.98. The summed E-state index contributed by atoms with van der Waals surface area (Å²) < 4.78 is 8.70. The molecular weight excluding hydrogens is 575 g/mol. The average molecular weight is 596 g/mol. The molecule has 0 N–H and O–H groups in total. The van der Waals surface area contributed by atoms with E-state index in [9.17, 15) is 19.2 Å². The van der Waals surface area contributed by atoms with Crippen LogP contribution >= 0.6 is 34.8 Å². The summed E-state index contributed by atoms with van der Waals surface area (Å²) in [4.78, 5) is 52.7. The molecule has 0 fully saturated rings. The van der Waals surface area contributed by atoms with E-state index in [1.807, 2.05) is 5.92 Å². The van der Waals surface area contributed by atoms with Crippen LogP contribution in [0.15, 0.2) is 58.8 Å². The van der Waals surface area contributed by atoms with Crippen LogP contribution in [0.5, 0.6) is 0 Å². The van der Waals surface area contributed by atoms with Crippen molar-refractivity contribution >= 4 is 69.2 Å². The summed E-state index contributed by atoms with van der Waals surface area (Å²) in [6, 6.07) is 12.6. The van der Waals surface area contributed by atoms with Crippen molar-refractivity contribution in [2.75, 3.05) is 28.4 Å². The van der Waals surface area contributed by atoms with Crippen LogP contribution in [-0.4, -0.2) is 62.8 Å². The Morgan fingerprint density at radius 1 is 0.692 bits per heavy atom. The summed E-state index contributed by atoms with van der Waals surface area (Å²) >= 11 is 16.4. The maximum Gasteiger partial charge on any atom is 0.368 e. The first-order valence-electron chi connectivity index (χ1n) is 10.2. The van der Waals surface area contributed by atoms with Gasteiger partial charge in [0.15, 0.2) is 0 Å². The molecule has 0 bridgehead atoms. The van der Waals surface area contributed by atoms with Crippen molar-refractivity contribution in [1.29, 1.82) is 0 Å². The maximum atomic E-state index is 11.7. The quantitative estimate of drug-likeness (QED) is 0.0923. The number of benzene rings is 2. The minimum absolute atomic E-state index is 0.176. The van der Waals surface area contributed by atoms with Crippen molar-refractivity contribution in [2.24, 2.45) is 10.3 Å².